The minimum atomic E-state index is -0.480. The van der Waals surface area contributed by atoms with Gasteiger partial charge in [0.05, 0.1) is 5.92 Å². The molecule has 1 atom stereocenters. The summed E-state index contributed by atoms with van der Waals surface area (Å²) in [6.07, 6.45) is 2.14. The number of hydrogen-bond donors (Lipinski definition) is 0. The molecule has 2 aliphatic rings. The summed E-state index contributed by atoms with van der Waals surface area (Å²) in [5.74, 6) is 0.180. The monoisotopic (exact) mass is 344 g/mol. The minimum absolute atomic E-state index is 0.0277. The topological polar surface area (TPSA) is 49.9 Å². The van der Waals surface area contributed by atoms with E-state index in [0.717, 1.165) is 30.5 Å². The number of ether oxygens (including phenoxy) is 1. The highest BCUT2D eigenvalue weighted by atomic mass is 16.6. The Morgan fingerprint density at radius 2 is 1.84 bits per heavy atom. The van der Waals surface area contributed by atoms with Crippen LogP contribution in [0.5, 0.6) is 0 Å². The van der Waals surface area contributed by atoms with Gasteiger partial charge in [0.2, 0.25) is 5.91 Å². The highest BCUT2D eigenvalue weighted by molar-refractivity contribution is 6.05. The summed E-state index contributed by atoms with van der Waals surface area (Å²) in [7, 11) is 0. The number of piperidine rings is 1. The average molecular weight is 344 g/mol. The first-order chi connectivity index (χ1) is 11.8. The first kappa shape index (κ1) is 17.8. The predicted octanol–water partition coefficient (Wildman–Crippen LogP) is 3.93. The lowest BCUT2D eigenvalue weighted by Gasteiger charge is -2.37. The summed E-state index contributed by atoms with van der Waals surface area (Å²) in [5, 5.41) is 0. The van der Waals surface area contributed by atoms with Gasteiger partial charge in [-0.2, -0.15) is 0 Å². The van der Waals surface area contributed by atoms with E-state index in [1.807, 2.05) is 43.9 Å². The van der Waals surface area contributed by atoms with Crippen LogP contribution < -0.4 is 4.90 Å². The van der Waals surface area contributed by atoms with Crippen molar-refractivity contribution in [1.82, 2.24) is 4.90 Å². The van der Waals surface area contributed by atoms with E-state index in [4.69, 9.17) is 4.74 Å². The summed E-state index contributed by atoms with van der Waals surface area (Å²) >= 11 is 0. The summed E-state index contributed by atoms with van der Waals surface area (Å²) in [5.41, 5.74) is 1.71. The Balaban J connectivity index is 1.69. The third kappa shape index (κ3) is 3.51. The third-order valence-corrected chi connectivity index (χ3v) is 5.00. The van der Waals surface area contributed by atoms with E-state index in [0.29, 0.717) is 13.1 Å². The van der Waals surface area contributed by atoms with E-state index in [1.165, 1.54) is 0 Å². The van der Waals surface area contributed by atoms with E-state index in [-0.39, 0.29) is 24.0 Å². The fraction of sp³-hybridized carbons (Fsp3) is 0.600. The summed E-state index contributed by atoms with van der Waals surface area (Å²) < 4.78 is 5.46. The molecule has 1 saturated heterocycles. The van der Waals surface area contributed by atoms with Crippen LogP contribution in [0.4, 0.5) is 10.5 Å². The molecule has 5 heteroatoms. The highest BCUT2D eigenvalue weighted by Crippen LogP contribution is 2.41. The van der Waals surface area contributed by atoms with Crippen molar-refractivity contribution in [2.45, 2.75) is 64.5 Å². The van der Waals surface area contributed by atoms with Gasteiger partial charge < -0.3 is 14.5 Å². The molecule has 1 unspecified atom stereocenters. The van der Waals surface area contributed by atoms with Crippen LogP contribution in [0, 0.1) is 0 Å². The maximum Gasteiger partial charge on any atom is 0.410 e. The molecule has 1 aromatic rings. The largest absolute Gasteiger partial charge is 0.444 e. The van der Waals surface area contributed by atoms with Crippen molar-refractivity contribution in [3.8, 4) is 0 Å². The Labute approximate surface area is 149 Å². The van der Waals surface area contributed by atoms with Crippen LogP contribution in [0.15, 0.2) is 24.3 Å². The number of carbonyl (C=O) groups is 2. The van der Waals surface area contributed by atoms with Gasteiger partial charge in [0, 0.05) is 24.8 Å². The maximum absolute atomic E-state index is 12.9. The van der Waals surface area contributed by atoms with Crippen molar-refractivity contribution in [1.29, 1.82) is 0 Å². The van der Waals surface area contributed by atoms with Crippen molar-refractivity contribution in [3.05, 3.63) is 29.8 Å². The fourth-order valence-electron chi connectivity index (χ4n) is 3.83. The van der Waals surface area contributed by atoms with Crippen molar-refractivity contribution in [3.63, 3.8) is 0 Å². The molecular weight excluding hydrogens is 316 g/mol. The van der Waals surface area contributed by atoms with Gasteiger partial charge in [-0.15, -0.1) is 0 Å². The number of nitrogens with zero attached hydrogens (tertiary/aromatic N) is 2. The van der Waals surface area contributed by atoms with E-state index in [2.05, 4.69) is 13.0 Å². The van der Waals surface area contributed by atoms with Gasteiger partial charge in [0.25, 0.3) is 0 Å². The zero-order valence-corrected chi connectivity index (χ0v) is 15.6. The second-order valence-corrected chi connectivity index (χ2v) is 7.93. The lowest BCUT2D eigenvalue weighted by atomic mass is 9.98. The maximum atomic E-state index is 12.9. The molecule has 25 heavy (non-hydrogen) atoms. The minimum Gasteiger partial charge on any atom is -0.444 e. The number of amides is 2. The second kappa shape index (κ2) is 6.70. The van der Waals surface area contributed by atoms with Gasteiger partial charge in [0.15, 0.2) is 0 Å². The molecule has 0 bridgehead atoms. The molecule has 136 valence electrons. The molecule has 0 N–H and O–H groups in total. The standard InChI is InChI=1S/C20H28N2O3/c1-5-15-16-8-6-7-9-17(16)22(18(15)23)14-10-12-21(13-11-14)19(24)25-20(2,3)4/h6-9,14-15H,5,10-13H2,1-4H3. The summed E-state index contributed by atoms with van der Waals surface area (Å²) in [6, 6.07) is 8.26. The number of benzene rings is 1. The zero-order chi connectivity index (χ0) is 18.2. The smallest absolute Gasteiger partial charge is 0.410 e. The van der Waals surface area contributed by atoms with Crippen LogP contribution in [-0.2, 0) is 9.53 Å². The van der Waals surface area contributed by atoms with Gasteiger partial charge in [-0.05, 0) is 51.7 Å². The third-order valence-electron chi connectivity index (χ3n) is 5.00. The van der Waals surface area contributed by atoms with Gasteiger partial charge in [-0.25, -0.2) is 4.79 Å². The molecule has 2 aliphatic heterocycles. The molecular formula is C20H28N2O3. The lowest BCUT2D eigenvalue weighted by Crippen LogP contribution is -2.49. The molecule has 0 aliphatic carbocycles. The lowest BCUT2D eigenvalue weighted by molar-refractivity contribution is -0.120. The van der Waals surface area contributed by atoms with Crippen molar-refractivity contribution in [2.24, 2.45) is 0 Å². The Bertz CT molecular complexity index is 657. The first-order valence-electron chi connectivity index (χ1n) is 9.21. The number of carbonyl (C=O) groups excluding carboxylic acids is 2. The van der Waals surface area contributed by atoms with E-state index in [9.17, 15) is 9.59 Å². The van der Waals surface area contributed by atoms with Crippen molar-refractivity contribution >= 4 is 17.7 Å². The van der Waals surface area contributed by atoms with Crippen LogP contribution in [0.3, 0.4) is 0 Å². The molecule has 1 aromatic carbocycles. The first-order valence-corrected chi connectivity index (χ1v) is 9.21. The van der Waals surface area contributed by atoms with Crippen molar-refractivity contribution < 1.29 is 14.3 Å². The Morgan fingerprint density at radius 1 is 1.20 bits per heavy atom. The normalized spacial score (nSPS) is 21.4. The molecule has 3 rings (SSSR count). The Morgan fingerprint density at radius 3 is 2.44 bits per heavy atom. The molecule has 0 aromatic heterocycles. The molecule has 0 spiro atoms. The quantitative estimate of drug-likeness (QED) is 0.817. The number of fused-ring (bicyclic) bond motifs is 1. The molecule has 5 nitrogen and oxygen atoms in total. The summed E-state index contributed by atoms with van der Waals surface area (Å²) in [4.78, 5) is 28.9. The van der Waals surface area contributed by atoms with Gasteiger partial charge in [0.1, 0.15) is 5.60 Å². The van der Waals surface area contributed by atoms with Gasteiger partial charge in [-0.3, -0.25) is 4.79 Å². The van der Waals surface area contributed by atoms with E-state index < -0.39 is 5.60 Å². The average Bonchev–Trinajstić information content (AvgIpc) is 2.84. The molecule has 1 fully saturated rings. The number of anilines is 1. The molecule has 0 saturated carbocycles. The van der Waals surface area contributed by atoms with Crippen LogP contribution in [0.1, 0.15) is 58.4 Å². The molecule has 0 radical (unpaired) electrons. The summed E-state index contributed by atoms with van der Waals surface area (Å²) in [6.45, 7) is 8.95. The van der Waals surface area contributed by atoms with Crippen LogP contribution in [0.2, 0.25) is 0 Å². The van der Waals surface area contributed by atoms with Gasteiger partial charge >= 0.3 is 6.09 Å². The molecule has 2 amide bonds. The predicted molar refractivity (Wildman–Crippen MR) is 97.8 cm³/mol. The second-order valence-electron chi connectivity index (χ2n) is 7.93. The van der Waals surface area contributed by atoms with Crippen LogP contribution in [0.25, 0.3) is 0 Å². The van der Waals surface area contributed by atoms with E-state index in [1.54, 1.807) is 4.90 Å². The number of likely N-dealkylation sites (tertiary alicyclic amines) is 1. The Hall–Kier alpha value is -2.04. The fourth-order valence-corrected chi connectivity index (χ4v) is 3.83. The van der Waals surface area contributed by atoms with Crippen molar-refractivity contribution in [2.75, 3.05) is 18.0 Å². The zero-order valence-electron chi connectivity index (χ0n) is 15.6. The number of rotatable bonds is 2. The SMILES string of the molecule is CCC1C(=O)N(C2CCN(C(=O)OC(C)(C)C)CC2)c2ccccc21. The van der Waals surface area contributed by atoms with E-state index >= 15 is 0 Å². The molecule has 2 heterocycles. The highest BCUT2D eigenvalue weighted by Gasteiger charge is 2.41. The van der Waals surface area contributed by atoms with Gasteiger partial charge in [-0.1, -0.05) is 25.1 Å². The number of hydrogen-bond acceptors (Lipinski definition) is 3. The Kier molecular flexibility index (Phi) is 4.76. The van der Waals surface area contributed by atoms with Crippen LogP contribution in [-0.4, -0.2) is 41.6 Å². The number of para-hydroxylation sites is 1. The van der Waals surface area contributed by atoms with Crippen LogP contribution >= 0.6 is 0 Å².